The lowest BCUT2D eigenvalue weighted by Gasteiger charge is -1.95. The second-order valence-electron chi connectivity index (χ2n) is 2.68. The quantitative estimate of drug-likeness (QED) is 0.534. The molecule has 0 fully saturated rings. The summed E-state index contributed by atoms with van der Waals surface area (Å²) in [6.07, 6.45) is 0. The Hall–Kier alpha value is -2.24. The van der Waals surface area contributed by atoms with Crippen LogP contribution >= 0.6 is 0 Å². The van der Waals surface area contributed by atoms with E-state index in [4.69, 9.17) is 0 Å². The summed E-state index contributed by atoms with van der Waals surface area (Å²) >= 11 is 0. The number of nitro groups is 1. The second-order valence-corrected chi connectivity index (χ2v) is 2.68. The van der Waals surface area contributed by atoms with Crippen molar-refractivity contribution in [3.8, 4) is 0 Å². The SMILES string of the molecule is O=c1[nH]nc([N+](=O)[O-])c2ccccc12. The molecule has 1 heterocycles. The zero-order chi connectivity index (χ0) is 10.1. The van der Waals surface area contributed by atoms with Crippen LogP contribution in [0.4, 0.5) is 5.82 Å². The molecule has 0 saturated heterocycles. The second kappa shape index (κ2) is 2.91. The first-order valence-electron chi connectivity index (χ1n) is 3.82. The fourth-order valence-corrected chi connectivity index (χ4v) is 1.24. The Labute approximate surface area is 77.3 Å². The Kier molecular flexibility index (Phi) is 1.74. The first-order valence-corrected chi connectivity index (χ1v) is 3.82. The van der Waals surface area contributed by atoms with Gasteiger partial charge in [0.1, 0.15) is 0 Å². The predicted molar refractivity (Wildman–Crippen MR) is 49.0 cm³/mol. The fourth-order valence-electron chi connectivity index (χ4n) is 1.24. The number of hydrogen-bond donors (Lipinski definition) is 1. The van der Waals surface area contributed by atoms with Crippen molar-refractivity contribution in [2.75, 3.05) is 0 Å². The largest absolute Gasteiger partial charge is 0.396 e. The fraction of sp³-hybridized carbons (Fsp3) is 0. The van der Waals surface area contributed by atoms with Crippen LogP contribution < -0.4 is 5.56 Å². The highest BCUT2D eigenvalue weighted by Crippen LogP contribution is 2.18. The molecule has 0 atom stereocenters. The van der Waals surface area contributed by atoms with Gasteiger partial charge in [-0.15, -0.1) is 5.10 Å². The van der Waals surface area contributed by atoms with Gasteiger partial charge in [-0.2, -0.15) is 0 Å². The van der Waals surface area contributed by atoms with Crippen LogP contribution in [0.25, 0.3) is 10.8 Å². The number of aromatic nitrogens is 2. The van der Waals surface area contributed by atoms with Crippen LogP contribution in [0.1, 0.15) is 0 Å². The summed E-state index contributed by atoms with van der Waals surface area (Å²) < 4.78 is 0. The average molecular weight is 191 g/mol. The third-order valence-corrected chi connectivity index (χ3v) is 1.85. The average Bonchev–Trinajstić information content (AvgIpc) is 2.18. The summed E-state index contributed by atoms with van der Waals surface area (Å²) in [4.78, 5) is 21.1. The van der Waals surface area contributed by atoms with Gasteiger partial charge < -0.3 is 10.1 Å². The van der Waals surface area contributed by atoms with E-state index < -0.39 is 10.5 Å². The van der Waals surface area contributed by atoms with Crippen LogP contribution in [0.2, 0.25) is 0 Å². The molecule has 0 aliphatic carbocycles. The van der Waals surface area contributed by atoms with Crippen LogP contribution in [-0.4, -0.2) is 15.1 Å². The molecule has 0 saturated carbocycles. The van der Waals surface area contributed by atoms with Crippen molar-refractivity contribution in [2.45, 2.75) is 0 Å². The summed E-state index contributed by atoms with van der Waals surface area (Å²) in [5.74, 6) is -0.333. The smallest absolute Gasteiger partial charge is 0.358 e. The van der Waals surface area contributed by atoms with E-state index in [0.717, 1.165) is 0 Å². The van der Waals surface area contributed by atoms with Gasteiger partial charge in [0.05, 0.1) is 15.9 Å². The van der Waals surface area contributed by atoms with Gasteiger partial charge in [0.25, 0.3) is 5.56 Å². The van der Waals surface area contributed by atoms with Crippen LogP contribution in [-0.2, 0) is 0 Å². The van der Waals surface area contributed by atoms with E-state index in [-0.39, 0.29) is 16.6 Å². The number of nitrogens with one attached hydrogen (secondary N) is 1. The molecular formula is C8H5N3O3. The number of hydrogen-bond acceptors (Lipinski definition) is 4. The Morgan fingerprint density at radius 2 is 1.93 bits per heavy atom. The maximum Gasteiger partial charge on any atom is 0.396 e. The first-order chi connectivity index (χ1) is 6.70. The van der Waals surface area contributed by atoms with Crippen LogP contribution in [0.3, 0.4) is 0 Å². The zero-order valence-corrected chi connectivity index (χ0v) is 6.93. The molecule has 6 nitrogen and oxygen atoms in total. The molecule has 0 bridgehead atoms. The van der Waals surface area contributed by atoms with Crippen LogP contribution in [0.5, 0.6) is 0 Å². The number of rotatable bonds is 1. The van der Waals surface area contributed by atoms with E-state index in [1.807, 2.05) is 0 Å². The molecule has 2 rings (SSSR count). The van der Waals surface area contributed by atoms with Crippen LogP contribution in [0.15, 0.2) is 29.1 Å². The van der Waals surface area contributed by atoms with Crippen molar-refractivity contribution >= 4 is 16.6 Å². The Morgan fingerprint density at radius 3 is 2.57 bits per heavy atom. The number of aromatic amines is 1. The van der Waals surface area contributed by atoms with E-state index in [0.29, 0.717) is 0 Å². The molecule has 0 amide bonds. The maximum absolute atomic E-state index is 11.2. The molecule has 14 heavy (non-hydrogen) atoms. The molecule has 0 aliphatic rings. The van der Waals surface area contributed by atoms with Gasteiger partial charge in [-0.25, -0.2) is 0 Å². The molecule has 0 unspecified atom stereocenters. The lowest BCUT2D eigenvalue weighted by atomic mass is 10.2. The van der Waals surface area contributed by atoms with Gasteiger partial charge in [0.15, 0.2) is 0 Å². The van der Waals surface area contributed by atoms with E-state index in [1.165, 1.54) is 12.1 Å². The van der Waals surface area contributed by atoms with Crippen molar-refractivity contribution in [1.82, 2.24) is 10.2 Å². The highest BCUT2D eigenvalue weighted by Gasteiger charge is 2.14. The van der Waals surface area contributed by atoms with Gasteiger partial charge in [0, 0.05) is 0 Å². The third kappa shape index (κ3) is 1.13. The minimum Gasteiger partial charge on any atom is -0.358 e. The first kappa shape index (κ1) is 8.36. The number of nitrogens with zero attached hydrogens (tertiary/aromatic N) is 2. The third-order valence-electron chi connectivity index (χ3n) is 1.85. The minimum atomic E-state index is -0.627. The Balaban J connectivity index is 2.96. The summed E-state index contributed by atoms with van der Waals surface area (Å²) in [7, 11) is 0. The lowest BCUT2D eigenvalue weighted by Crippen LogP contribution is -2.10. The molecule has 6 heteroatoms. The monoisotopic (exact) mass is 191 g/mol. The summed E-state index contributed by atoms with van der Waals surface area (Å²) in [5.41, 5.74) is -0.425. The minimum absolute atomic E-state index is 0.251. The lowest BCUT2D eigenvalue weighted by molar-refractivity contribution is -0.388. The van der Waals surface area contributed by atoms with Crippen molar-refractivity contribution in [1.29, 1.82) is 0 Å². The van der Waals surface area contributed by atoms with E-state index in [1.54, 1.807) is 12.1 Å². The van der Waals surface area contributed by atoms with Gasteiger partial charge in [-0.05, 0) is 17.1 Å². The molecule has 1 aromatic heterocycles. The highest BCUT2D eigenvalue weighted by molar-refractivity contribution is 5.87. The maximum atomic E-state index is 11.2. The topological polar surface area (TPSA) is 88.9 Å². The standard InChI is InChI=1S/C8H5N3O3/c12-8-6-4-2-1-3-5(6)7(9-10-8)11(13)14/h1-4H,(H,10,12). The van der Waals surface area contributed by atoms with Gasteiger partial charge >= 0.3 is 5.82 Å². The summed E-state index contributed by atoms with van der Waals surface area (Å²) in [6, 6.07) is 6.27. The number of benzene rings is 1. The van der Waals surface area contributed by atoms with E-state index in [9.17, 15) is 14.9 Å². The van der Waals surface area contributed by atoms with Crippen molar-refractivity contribution < 1.29 is 4.92 Å². The molecule has 1 aromatic carbocycles. The van der Waals surface area contributed by atoms with E-state index >= 15 is 0 Å². The molecule has 0 radical (unpaired) electrons. The Morgan fingerprint density at radius 1 is 1.29 bits per heavy atom. The van der Waals surface area contributed by atoms with Crippen molar-refractivity contribution in [2.24, 2.45) is 0 Å². The van der Waals surface area contributed by atoms with Crippen molar-refractivity contribution in [3.63, 3.8) is 0 Å². The number of fused-ring (bicyclic) bond motifs is 1. The van der Waals surface area contributed by atoms with Gasteiger partial charge in [-0.1, -0.05) is 12.1 Å². The molecular weight excluding hydrogens is 186 g/mol. The summed E-state index contributed by atoms with van der Waals surface area (Å²) in [6.45, 7) is 0. The van der Waals surface area contributed by atoms with Gasteiger partial charge in [-0.3, -0.25) is 4.79 Å². The number of H-pyrrole nitrogens is 1. The van der Waals surface area contributed by atoms with E-state index in [2.05, 4.69) is 10.2 Å². The molecule has 0 spiro atoms. The van der Waals surface area contributed by atoms with Gasteiger partial charge in [0.2, 0.25) is 0 Å². The molecule has 70 valence electrons. The predicted octanol–water partition coefficient (Wildman–Crippen LogP) is 0.831. The zero-order valence-electron chi connectivity index (χ0n) is 6.93. The summed E-state index contributed by atoms with van der Waals surface area (Å²) in [5, 5.41) is 16.5. The Bertz CT molecular complexity index is 561. The van der Waals surface area contributed by atoms with Crippen molar-refractivity contribution in [3.05, 3.63) is 44.7 Å². The molecule has 1 N–H and O–H groups in total. The molecule has 2 aromatic rings. The molecule has 0 aliphatic heterocycles. The van der Waals surface area contributed by atoms with Crippen LogP contribution in [0, 0.1) is 10.1 Å². The highest BCUT2D eigenvalue weighted by atomic mass is 16.6. The normalized spacial score (nSPS) is 10.3.